The van der Waals surface area contributed by atoms with Gasteiger partial charge in [0.1, 0.15) is 5.82 Å². The average Bonchev–Trinajstić information content (AvgIpc) is 2.72. The Bertz CT molecular complexity index is 458. The van der Waals surface area contributed by atoms with E-state index in [4.69, 9.17) is 4.98 Å². The van der Waals surface area contributed by atoms with Gasteiger partial charge in [-0.2, -0.15) is 10.2 Å². The zero-order valence-electron chi connectivity index (χ0n) is 14.1. The molecule has 0 amide bonds. The van der Waals surface area contributed by atoms with Gasteiger partial charge in [-0.05, 0) is 40.7 Å². The van der Waals surface area contributed by atoms with Gasteiger partial charge in [-0.25, -0.2) is 4.98 Å². The van der Waals surface area contributed by atoms with Crippen LogP contribution in [0.5, 0.6) is 0 Å². The van der Waals surface area contributed by atoms with Crippen molar-refractivity contribution in [2.45, 2.75) is 70.6 Å². The van der Waals surface area contributed by atoms with E-state index in [1.807, 2.05) is 0 Å². The van der Waals surface area contributed by atoms with Gasteiger partial charge in [-0.15, -0.1) is 0 Å². The van der Waals surface area contributed by atoms with Gasteiger partial charge in [0.25, 0.3) is 0 Å². The summed E-state index contributed by atoms with van der Waals surface area (Å²) in [7, 11) is -0.884. The van der Waals surface area contributed by atoms with Gasteiger partial charge < -0.3 is 4.31 Å². The summed E-state index contributed by atoms with van der Waals surface area (Å²) < 4.78 is 2.70. The molecule has 0 saturated heterocycles. The van der Waals surface area contributed by atoms with E-state index in [0.29, 0.717) is 15.7 Å². The molecule has 1 aromatic rings. The van der Waals surface area contributed by atoms with Crippen molar-refractivity contribution in [2.24, 2.45) is 0 Å². The van der Waals surface area contributed by atoms with Crippen molar-refractivity contribution in [2.75, 3.05) is 10.8 Å². The minimum absolute atomic E-state index is 0.691. The highest BCUT2D eigenvalue weighted by molar-refractivity contribution is 8.36. The van der Waals surface area contributed by atoms with Crippen molar-refractivity contribution in [3.05, 3.63) is 23.4 Å². The van der Waals surface area contributed by atoms with Crippen molar-refractivity contribution in [3.63, 3.8) is 0 Å². The molecular formula is C17H30N2S. The fourth-order valence-electron chi connectivity index (χ4n) is 4.02. The second-order valence-corrected chi connectivity index (χ2v) is 11.4. The number of hydrogen-bond donors (Lipinski definition) is 0. The Kier molecular flexibility index (Phi) is 4.38. The first-order chi connectivity index (χ1) is 9.31. The molecule has 1 aliphatic heterocycles. The van der Waals surface area contributed by atoms with E-state index in [2.05, 4.69) is 64.9 Å². The quantitative estimate of drug-likeness (QED) is 0.800. The molecule has 0 atom stereocenters. The van der Waals surface area contributed by atoms with E-state index in [0.717, 1.165) is 18.7 Å². The van der Waals surface area contributed by atoms with E-state index in [1.54, 1.807) is 0 Å². The fourth-order valence-corrected chi connectivity index (χ4v) is 9.67. The molecule has 0 unspecified atom stereocenters. The molecule has 114 valence electrons. The molecule has 1 aromatic heterocycles. The van der Waals surface area contributed by atoms with Crippen molar-refractivity contribution >= 4 is 16.0 Å². The number of nitrogens with zero attached hydrogens (tertiary/aromatic N) is 2. The molecule has 2 rings (SSSR count). The number of pyridine rings is 1. The normalized spacial score (nSPS) is 16.4. The van der Waals surface area contributed by atoms with E-state index < -0.39 is 10.2 Å². The molecule has 2 heterocycles. The van der Waals surface area contributed by atoms with Crippen LogP contribution in [0.3, 0.4) is 0 Å². The standard InChI is InChI=1S/C17H30N2S/c1-12(2)20(13(3)4,14(5)6)19-11-10-16-9-8-15(7)18-17(16)19/h8-9,12-14H,10-11H2,1-7H3. The highest BCUT2D eigenvalue weighted by Crippen LogP contribution is 2.65. The molecule has 0 N–H and O–H groups in total. The lowest BCUT2D eigenvalue weighted by atomic mass is 10.2. The predicted octanol–water partition coefficient (Wildman–Crippen LogP) is 4.70. The molecule has 20 heavy (non-hydrogen) atoms. The number of aromatic nitrogens is 1. The molecule has 0 aliphatic carbocycles. The maximum absolute atomic E-state index is 4.90. The summed E-state index contributed by atoms with van der Waals surface area (Å²) in [5.41, 5.74) is 2.58. The summed E-state index contributed by atoms with van der Waals surface area (Å²) in [4.78, 5) is 4.90. The van der Waals surface area contributed by atoms with Crippen LogP contribution in [-0.4, -0.2) is 27.3 Å². The van der Waals surface area contributed by atoms with Crippen LogP contribution in [0.15, 0.2) is 12.1 Å². The smallest absolute Gasteiger partial charge is 0.140 e. The summed E-state index contributed by atoms with van der Waals surface area (Å²) in [6.45, 7) is 17.7. The monoisotopic (exact) mass is 294 g/mol. The van der Waals surface area contributed by atoms with Gasteiger partial charge in [0, 0.05) is 12.2 Å². The Hall–Kier alpha value is -0.700. The number of fused-ring (bicyclic) bond motifs is 1. The van der Waals surface area contributed by atoms with Crippen LogP contribution in [-0.2, 0) is 6.42 Å². The van der Waals surface area contributed by atoms with Crippen molar-refractivity contribution in [1.82, 2.24) is 4.98 Å². The largest absolute Gasteiger partial charge is 0.318 e. The van der Waals surface area contributed by atoms with Gasteiger partial charge in [0.2, 0.25) is 0 Å². The number of hydrogen-bond acceptors (Lipinski definition) is 2. The molecule has 0 bridgehead atoms. The van der Waals surface area contributed by atoms with Crippen LogP contribution in [0, 0.1) is 6.92 Å². The Morgan fingerprint density at radius 3 is 2.05 bits per heavy atom. The maximum Gasteiger partial charge on any atom is 0.140 e. The second-order valence-electron chi connectivity index (χ2n) is 6.66. The van der Waals surface area contributed by atoms with Gasteiger partial charge in [0.05, 0.1) is 0 Å². The van der Waals surface area contributed by atoms with Crippen molar-refractivity contribution in [3.8, 4) is 0 Å². The van der Waals surface area contributed by atoms with Crippen LogP contribution in [0.1, 0.15) is 52.8 Å². The van der Waals surface area contributed by atoms with Gasteiger partial charge in [-0.1, -0.05) is 47.6 Å². The van der Waals surface area contributed by atoms with Gasteiger partial charge in [0.15, 0.2) is 0 Å². The zero-order valence-corrected chi connectivity index (χ0v) is 14.9. The Labute approximate surface area is 126 Å². The first-order valence-electron chi connectivity index (χ1n) is 7.86. The van der Waals surface area contributed by atoms with Crippen molar-refractivity contribution in [1.29, 1.82) is 0 Å². The molecule has 0 radical (unpaired) electrons. The maximum atomic E-state index is 4.90. The topological polar surface area (TPSA) is 16.1 Å². The molecular weight excluding hydrogens is 264 g/mol. The Morgan fingerprint density at radius 2 is 1.55 bits per heavy atom. The molecule has 0 fully saturated rings. The lowest BCUT2D eigenvalue weighted by Crippen LogP contribution is -2.42. The third-order valence-corrected chi connectivity index (χ3v) is 10.2. The van der Waals surface area contributed by atoms with E-state index in [1.165, 1.54) is 11.4 Å². The van der Waals surface area contributed by atoms with Gasteiger partial charge >= 0.3 is 0 Å². The molecule has 0 saturated carbocycles. The third-order valence-electron chi connectivity index (χ3n) is 4.56. The molecule has 3 heteroatoms. The van der Waals surface area contributed by atoms with E-state index in [-0.39, 0.29) is 0 Å². The Morgan fingerprint density at radius 1 is 1.00 bits per heavy atom. The number of anilines is 1. The zero-order chi connectivity index (χ0) is 15.1. The Balaban J connectivity index is 2.56. The van der Waals surface area contributed by atoms with E-state index >= 15 is 0 Å². The summed E-state index contributed by atoms with van der Waals surface area (Å²) in [5.74, 6) is 1.27. The van der Waals surface area contributed by atoms with Crippen molar-refractivity contribution < 1.29 is 0 Å². The summed E-state index contributed by atoms with van der Waals surface area (Å²) in [6.07, 6.45) is 1.16. The first-order valence-corrected chi connectivity index (χ1v) is 9.63. The first kappa shape index (κ1) is 15.7. The summed E-state index contributed by atoms with van der Waals surface area (Å²) in [5, 5.41) is 2.07. The summed E-state index contributed by atoms with van der Waals surface area (Å²) in [6, 6.07) is 4.43. The van der Waals surface area contributed by atoms with Crippen LogP contribution in [0.25, 0.3) is 0 Å². The fraction of sp³-hybridized carbons (Fsp3) is 0.706. The van der Waals surface area contributed by atoms with E-state index in [9.17, 15) is 0 Å². The average molecular weight is 295 g/mol. The predicted molar refractivity (Wildman–Crippen MR) is 93.0 cm³/mol. The molecule has 1 aliphatic rings. The third kappa shape index (κ3) is 2.24. The van der Waals surface area contributed by atoms with Crippen LogP contribution >= 0.6 is 10.2 Å². The SMILES string of the molecule is Cc1ccc2c(n1)N(S(C(C)C)(C(C)C)C(C)C)CC2. The summed E-state index contributed by atoms with van der Waals surface area (Å²) >= 11 is 0. The lowest BCUT2D eigenvalue weighted by Gasteiger charge is -2.57. The van der Waals surface area contributed by atoms with Crippen LogP contribution < -0.4 is 4.31 Å². The van der Waals surface area contributed by atoms with Gasteiger partial charge in [-0.3, -0.25) is 0 Å². The molecule has 0 spiro atoms. The minimum atomic E-state index is -0.884. The molecule has 0 aromatic carbocycles. The number of aryl methyl sites for hydroxylation is 1. The second kappa shape index (κ2) is 5.59. The lowest BCUT2D eigenvalue weighted by molar-refractivity contribution is 0.903. The highest BCUT2D eigenvalue weighted by atomic mass is 32.3. The molecule has 2 nitrogen and oxygen atoms in total. The minimum Gasteiger partial charge on any atom is -0.318 e. The van der Waals surface area contributed by atoms with Crippen LogP contribution in [0.4, 0.5) is 5.82 Å². The highest BCUT2D eigenvalue weighted by Gasteiger charge is 2.43. The number of rotatable bonds is 4. The van der Waals surface area contributed by atoms with Crippen LogP contribution in [0.2, 0.25) is 0 Å².